The molecular weight excluding hydrogens is 260 g/mol. The Labute approximate surface area is 115 Å². The van der Waals surface area contributed by atoms with Crippen LogP contribution < -0.4 is 5.73 Å². The SMILES string of the molecule is Cc1ccccc1CSc1cnc(C(N)=NO)cn1. The average molecular weight is 274 g/mol. The third kappa shape index (κ3) is 3.45. The van der Waals surface area contributed by atoms with Gasteiger partial charge in [0.25, 0.3) is 0 Å². The minimum Gasteiger partial charge on any atom is -0.409 e. The summed E-state index contributed by atoms with van der Waals surface area (Å²) >= 11 is 1.60. The van der Waals surface area contributed by atoms with Crippen molar-refractivity contribution in [2.45, 2.75) is 17.7 Å². The van der Waals surface area contributed by atoms with E-state index in [2.05, 4.69) is 34.2 Å². The average Bonchev–Trinajstić information content (AvgIpc) is 2.46. The lowest BCUT2D eigenvalue weighted by atomic mass is 10.1. The molecule has 0 fully saturated rings. The van der Waals surface area contributed by atoms with E-state index in [0.29, 0.717) is 5.69 Å². The smallest absolute Gasteiger partial charge is 0.190 e. The van der Waals surface area contributed by atoms with Crippen LogP contribution in [-0.4, -0.2) is 21.0 Å². The molecule has 3 N–H and O–H groups in total. The molecule has 0 spiro atoms. The molecule has 0 radical (unpaired) electrons. The van der Waals surface area contributed by atoms with Gasteiger partial charge in [-0.2, -0.15) is 0 Å². The normalized spacial score (nSPS) is 11.5. The highest BCUT2D eigenvalue weighted by Crippen LogP contribution is 2.21. The highest BCUT2D eigenvalue weighted by molar-refractivity contribution is 7.98. The Morgan fingerprint density at radius 3 is 2.74 bits per heavy atom. The Balaban J connectivity index is 2.03. The van der Waals surface area contributed by atoms with E-state index in [0.717, 1.165) is 10.8 Å². The zero-order valence-corrected chi connectivity index (χ0v) is 11.3. The Bertz CT molecular complexity index is 583. The fraction of sp³-hybridized carbons (Fsp3) is 0.154. The van der Waals surface area contributed by atoms with Crippen LogP contribution in [0.2, 0.25) is 0 Å². The molecule has 0 atom stereocenters. The largest absolute Gasteiger partial charge is 0.409 e. The second-order valence-electron chi connectivity index (χ2n) is 3.94. The number of thioether (sulfide) groups is 1. The van der Waals surface area contributed by atoms with Crippen molar-refractivity contribution in [3.05, 3.63) is 53.5 Å². The number of nitrogens with two attached hydrogens (primary N) is 1. The third-order valence-electron chi connectivity index (χ3n) is 2.64. The summed E-state index contributed by atoms with van der Waals surface area (Å²) in [5.41, 5.74) is 8.32. The van der Waals surface area contributed by atoms with Gasteiger partial charge in [-0.1, -0.05) is 29.4 Å². The molecule has 2 aromatic rings. The van der Waals surface area contributed by atoms with Crippen LogP contribution in [0, 0.1) is 6.92 Å². The zero-order chi connectivity index (χ0) is 13.7. The molecule has 0 aliphatic rings. The Morgan fingerprint density at radius 2 is 2.11 bits per heavy atom. The van der Waals surface area contributed by atoms with Gasteiger partial charge in [-0.05, 0) is 18.1 Å². The molecule has 0 saturated carbocycles. The minimum atomic E-state index is -0.0389. The molecule has 1 aromatic heterocycles. The maximum absolute atomic E-state index is 8.53. The van der Waals surface area contributed by atoms with Gasteiger partial charge in [-0.15, -0.1) is 11.8 Å². The summed E-state index contributed by atoms with van der Waals surface area (Å²) < 4.78 is 0. The summed E-state index contributed by atoms with van der Waals surface area (Å²) in [4.78, 5) is 8.31. The highest BCUT2D eigenvalue weighted by atomic mass is 32.2. The molecule has 0 aliphatic carbocycles. The highest BCUT2D eigenvalue weighted by Gasteiger charge is 2.04. The van der Waals surface area contributed by atoms with Gasteiger partial charge in [-0.25, -0.2) is 9.97 Å². The fourth-order valence-corrected chi connectivity index (χ4v) is 2.38. The molecule has 0 bridgehead atoms. The molecule has 5 nitrogen and oxygen atoms in total. The molecule has 0 aliphatic heterocycles. The van der Waals surface area contributed by atoms with Crippen LogP contribution in [-0.2, 0) is 5.75 Å². The number of hydrogen-bond donors (Lipinski definition) is 2. The number of oxime groups is 1. The number of benzene rings is 1. The van der Waals surface area contributed by atoms with Gasteiger partial charge in [0.15, 0.2) is 5.84 Å². The summed E-state index contributed by atoms with van der Waals surface area (Å²) in [6, 6.07) is 8.23. The lowest BCUT2D eigenvalue weighted by Gasteiger charge is -2.05. The predicted molar refractivity (Wildman–Crippen MR) is 75.3 cm³/mol. The van der Waals surface area contributed by atoms with Crippen molar-refractivity contribution >= 4 is 17.6 Å². The zero-order valence-electron chi connectivity index (χ0n) is 10.4. The van der Waals surface area contributed by atoms with Crippen molar-refractivity contribution in [1.29, 1.82) is 0 Å². The summed E-state index contributed by atoms with van der Waals surface area (Å²) in [6.45, 7) is 2.09. The van der Waals surface area contributed by atoms with Crippen molar-refractivity contribution in [2.75, 3.05) is 0 Å². The van der Waals surface area contributed by atoms with Gasteiger partial charge in [0.1, 0.15) is 10.7 Å². The molecule has 0 saturated heterocycles. The van der Waals surface area contributed by atoms with E-state index in [4.69, 9.17) is 10.9 Å². The molecule has 1 heterocycles. The number of hydrogen-bond acceptors (Lipinski definition) is 5. The number of rotatable bonds is 4. The van der Waals surface area contributed by atoms with Crippen LogP contribution >= 0.6 is 11.8 Å². The lowest BCUT2D eigenvalue weighted by molar-refractivity contribution is 0.318. The van der Waals surface area contributed by atoms with E-state index >= 15 is 0 Å². The van der Waals surface area contributed by atoms with E-state index < -0.39 is 0 Å². The van der Waals surface area contributed by atoms with E-state index in [-0.39, 0.29) is 5.84 Å². The quantitative estimate of drug-likeness (QED) is 0.293. The first-order valence-corrected chi connectivity index (χ1v) is 6.66. The summed E-state index contributed by atoms with van der Waals surface area (Å²) in [5, 5.41) is 12.2. The lowest BCUT2D eigenvalue weighted by Crippen LogP contribution is -2.15. The Morgan fingerprint density at radius 1 is 1.32 bits per heavy atom. The topological polar surface area (TPSA) is 84.4 Å². The van der Waals surface area contributed by atoms with Gasteiger partial charge >= 0.3 is 0 Å². The second-order valence-corrected chi connectivity index (χ2v) is 4.94. The van der Waals surface area contributed by atoms with Crippen LogP contribution in [0.5, 0.6) is 0 Å². The molecule has 98 valence electrons. The first kappa shape index (κ1) is 13.4. The van der Waals surface area contributed by atoms with Crippen molar-refractivity contribution in [2.24, 2.45) is 10.9 Å². The molecule has 19 heavy (non-hydrogen) atoms. The number of aromatic nitrogens is 2. The molecular formula is C13H14N4OS. The number of amidine groups is 1. The van der Waals surface area contributed by atoms with Gasteiger partial charge in [0.05, 0.1) is 12.4 Å². The first-order valence-electron chi connectivity index (χ1n) is 5.68. The van der Waals surface area contributed by atoms with Crippen molar-refractivity contribution in [1.82, 2.24) is 9.97 Å². The number of nitrogens with zero attached hydrogens (tertiary/aromatic N) is 3. The molecule has 1 aromatic carbocycles. The van der Waals surface area contributed by atoms with Crippen LogP contribution in [0.15, 0.2) is 46.8 Å². The van der Waals surface area contributed by atoms with Gasteiger partial charge < -0.3 is 10.9 Å². The second kappa shape index (κ2) is 6.19. The van der Waals surface area contributed by atoms with Crippen LogP contribution in [0.1, 0.15) is 16.8 Å². The summed E-state index contributed by atoms with van der Waals surface area (Å²) in [6.07, 6.45) is 3.12. The third-order valence-corrected chi connectivity index (χ3v) is 3.60. The van der Waals surface area contributed by atoms with E-state index in [1.165, 1.54) is 17.3 Å². The Kier molecular flexibility index (Phi) is 4.35. The molecule has 0 unspecified atom stereocenters. The van der Waals surface area contributed by atoms with E-state index in [9.17, 15) is 0 Å². The van der Waals surface area contributed by atoms with Crippen molar-refractivity contribution in [3.63, 3.8) is 0 Å². The van der Waals surface area contributed by atoms with Crippen LogP contribution in [0.4, 0.5) is 0 Å². The fourth-order valence-electron chi connectivity index (χ4n) is 1.50. The summed E-state index contributed by atoms with van der Waals surface area (Å²) in [5.74, 6) is 0.799. The monoisotopic (exact) mass is 274 g/mol. The van der Waals surface area contributed by atoms with Gasteiger partial charge in [0.2, 0.25) is 0 Å². The van der Waals surface area contributed by atoms with Gasteiger partial charge in [0, 0.05) is 5.75 Å². The maximum atomic E-state index is 8.53. The van der Waals surface area contributed by atoms with Crippen LogP contribution in [0.3, 0.4) is 0 Å². The van der Waals surface area contributed by atoms with E-state index in [1.54, 1.807) is 18.0 Å². The molecule has 0 amide bonds. The van der Waals surface area contributed by atoms with E-state index in [1.807, 2.05) is 12.1 Å². The van der Waals surface area contributed by atoms with Crippen LogP contribution in [0.25, 0.3) is 0 Å². The number of aryl methyl sites for hydroxylation is 1. The first-order chi connectivity index (χ1) is 9.20. The molecule has 6 heteroatoms. The Hall–Kier alpha value is -2.08. The standard InChI is InChI=1S/C13H14N4OS/c1-9-4-2-3-5-10(9)8-19-12-7-15-11(6-16-12)13(14)17-18/h2-7,18H,8H2,1H3,(H2,14,17). The summed E-state index contributed by atoms with van der Waals surface area (Å²) in [7, 11) is 0. The van der Waals surface area contributed by atoms with Gasteiger partial charge in [-0.3, -0.25) is 0 Å². The molecule has 2 rings (SSSR count). The van der Waals surface area contributed by atoms with Crippen molar-refractivity contribution < 1.29 is 5.21 Å². The predicted octanol–water partition coefficient (Wildman–Crippen LogP) is 2.17. The van der Waals surface area contributed by atoms with Crippen molar-refractivity contribution in [3.8, 4) is 0 Å². The minimum absolute atomic E-state index is 0.0389. The maximum Gasteiger partial charge on any atom is 0.190 e.